The standard InChI is InChI=1S/C9H6F2O2/c1-5(9(12)13)7-3-2-6(10)4-8(7)11/h2-4H,1H2,(H,12,13). The Morgan fingerprint density at radius 3 is 2.46 bits per heavy atom. The van der Waals surface area contributed by atoms with Crippen molar-refractivity contribution in [1.82, 2.24) is 0 Å². The number of carboxylic acids is 1. The summed E-state index contributed by atoms with van der Waals surface area (Å²) in [5.74, 6) is -3.00. The highest BCUT2D eigenvalue weighted by molar-refractivity contribution is 6.14. The van der Waals surface area contributed by atoms with Crippen LogP contribution in [0.25, 0.3) is 5.57 Å². The van der Waals surface area contributed by atoms with Crippen LogP contribution in [0, 0.1) is 11.6 Å². The van der Waals surface area contributed by atoms with E-state index in [1.165, 1.54) is 0 Å². The second-order valence-electron chi connectivity index (χ2n) is 2.41. The van der Waals surface area contributed by atoms with Crippen LogP contribution < -0.4 is 0 Å². The van der Waals surface area contributed by atoms with Crippen LogP contribution >= 0.6 is 0 Å². The highest BCUT2D eigenvalue weighted by Crippen LogP contribution is 2.17. The Morgan fingerprint density at radius 1 is 1.38 bits per heavy atom. The van der Waals surface area contributed by atoms with Crippen LogP contribution in [0.2, 0.25) is 0 Å². The van der Waals surface area contributed by atoms with E-state index < -0.39 is 23.2 Å². The first-order chi connectivity index (χ1) is 6.02. The fraction of sp³-hybridized carbons (Fsp3) is 0. The van der Waals surface area contributed by atoms with Crippen LogP contribution in [0.1, 0.15) is 5.56 Å². The normalized spacial score (nSPS) is 9.69. The maximum Gasteiger partial charge on any atom is 0.335 e. The lowest BCUT2D eigenvalue weighted by molar-refractivity contribution is -0.130. The molecule has 0 radical (unpaired) electrons. The molecule has 0 fully saturated rings. The van der Waals surface area contributed by atoms with E-state index in [0.717, 1.165) is 12.1 Å². The first-order valence-corrected chi connectivity index (χ1v) is 3.40. The van der Waals surface area contributed by atoms with Gasteiger partial charge in [-0.1, -0.05) is 6.58 Å². The lowest BCUT2D eigenvalue weighted by atomic mass is 10.1. The molecular weight excluding hydrogens is 178 g/mol. The van der Waals surface area contributed by atoms with E-state index in [0.29, 0.717) is 6.07 Å². The number of aliphatic carboxylic acids is 1. The number of rotatable bonds is 2. The van der Waals surface area contributed by atoms with Crippen molar-refractivity contribution in [3.8, 4) is 0 Å². The number of carbonyl (C=O) groups is 1. The molecule has 0 saturated heterocycles. The van der Waals surface area contributed by atoms with Gasteiger partial charge in [0.05, 0.1) is 5.57 Å². The average Bonchev–Trinajstić information content (AvgIpc) is 2.03. The van der Waals surface area contributed by atoms with Crippen molar-refractivity contribution in [2.75, 3.05) is 0 Å². The van der Waals surface area contributed by atoms with Crippen LogP contribution in [0.15, 0.2) is 24.8 Å². The third-order valence-corrected chi connectivity index (χ3v) is 1.51. The van der Waals surface area contributed by atoms with Gasteiger partial charge in [-0.05, 0) is 12.1 Å². The van der Waals surface area contributed by atoms with Crippen LogP contribution in [-0.2, 0) is 4.79 Å². The molecule has 0 spiro atoms. The van der Waals surface area contributed by atoms with Gasteiger partial charge in [0.1, 0.15) is 11.6 Å². The summed E-state index contributed by atoms with van der Waals surface area (Å²) in [6.45, 7) is 3.15. The predicted molar refractivity (Wildman–Crippen MR) is 43.0 cm³/mol. The molecule has 0 aliphatic heterocycles. The summed E-state index contributed by atoms with van der Waals surface area (Å²) in [5.41, 5.74) is -0.591. The van der Waals surface area contributed by atoms with Gasteiger partial charge in [0, 0.05) is 11.6 Å². The summed E-state index contributed by atoms with van der Waals surface area (Å²) < 4.78 is 25.3. The average molecular weight is 184 g/mol. The van der Waals surface area contributed by atoms with E-state index >= 15 is 0 Å². The summed E-state index contributed by atoms with van der Waals surface area (Å²) >= 11 is 0. The number of halogens is 2. The van der Waals surface area contributed by atoms with Crippen LogP contribution in [0.3, 0.4) is 0 Å². The lowest BCUT2D eigenvalue weighted by Crippen LogP contribution is -2.00. The summed E-state index contributed by atoms with van der Waals surface area (Å²) in [5, 5.41) is 8.47. The fourth-order valence-electron chi connectivity index (χ4n) is 0.849. The molecule has 0 aromatic heterocycles. The summed E-state index contributed by atoms with van der Waals surface area (Å²) in [7, 11) is 0. The van der Waals surface area contributed by atoms with Crippen molar-refractivity contribution >= 4 is 11.5 Å². The summed E-state index contributed by atoms with van der Waals surface area (Å²) in [6, 6.07) is 2.64. The van der Waals surface area contributed by atoms with Crippen LogP contribution in [0.5, 0.6) is 0 Å². The molecule has 0 aliphatic carbocycles. The van der Waals surface area contributed by atoms with Gasteiger partial charge in [-0.25, -0.2) is 13.6 Å². The Morgan fingerprint density at radius 2 is 2.00 bits per heavy atom. The SMILES string of the molecule is C=C(C(=O)O)c1ccc(F)cc1F. The molecule has 4 heteroatoms. The number of carboxylic acid groups (broad SMARTS) is 1. The Labute approximate surface area is 73.1 Å². The van der Waals surface area contributed by atoms with Gasteiger partial charge in [0.25, 0.3) is 0 Å². The van der Waals surface area contributed by atoms with Crippen LogP contribution in [0.4, 0.5) is 8.78 Å². The van der Waals surface area contributed by atoms with Gasteiger partial charge in [-0.3, -0.25) is 0 Å². The third-order valence-electron chi connectivity index (χ3n) is 1.51. The van der Waals surface area contributed by atoms with Crippen molar-refractivity contribution in [3.63, 3.8) is 0 Å². The predicted octanol–water partition coefficient (Wildman–Crippen LogP) is 2.06. The summed E-state index contributed by atoms with van der Waals surface area (Å²) in [4.78, 5) is 10.4. The van der Waals surface area contributed by atoms with E-state index in [9.17, 15) is 13.6 Å². The molecule has 1 aromatic carbocycles. The highest BCUT2D eigenvalue weighted by atomic mass is 19.1. The molecule has 13 heavy (non-hydrogen) atoms. The van der Waals surface area contributed by atoms with Gasteiger partial charge in [0.2, 0.25) is 0 Å². The summed E-state index contributed by atoms with van der Waals surface area (Å²) in [6.07, 6.45) is 0. The molecule has 1 rings (SSSR count). The van der Waals surface area contributed by atoms with E-state index in [-0.39, 0.29) is 5.56 Å². The first kappa shape index (κ1) is 9.38. The zero-order valence-electron chi connectivity index (χ0n) is 6.55. The van der Waals surface area contributed by atoms with Gasteiger partial charge < -0.3 is 5.11 Å². The molecule has 0 unspecified atom stereocenters. The van der Waals surface area contributed by atoms with E-state index in [2.05, 4.69) is 6.58 Å². The second kappa shape index (κ2) is 3.35. The van der Waals surface area contributed by atoms with Crippen molar-refractivity contribution in [2.24, 2.45) is 0 Å². The molecule has 0 saturated carbocycles. The molecule has 0 heterocycles. The van der Waals surface area contributed by atoms with Crippen molar-refractivity contribution < 1.29 is 18.7 Å². The van der Waals surface area contributed by atoms with E-state index in [4.69, 9.17) is 5.11 Å². The van der Waals surface area contributed by atoms with Crippen molar-refractivity contribution in [2.45, 2.75) is 0 Å². The Kier molecular flexibility index (Phi) is 2.41. The zero-order valence-corrected chi connectivity index (χ0v) is 6.55. The molecule has 0 aliphatic rings. The Hall–Kier alpha value is -1.71. The van der Waals surface area contributed by atoms with E-state index in [1.54, 1.807) is 0 Å². The molecule has 0 amide bonds. The topological polar surface area (TPSA) is 37.3 Å². The van der Waals surface area contributed by atoms with Gasteiger partial charge in [0.15, 0.2) is 0 Å². The third kappa shape index (κ3) is 1.90. The molecule has 0 atom stereocenters. The maximum absolute atomic E-state index is 12.9. The number of hydrogen-bond donors (Lipinski definition) is 1. The Bertz CT molecular complexity index is 372. The Balaban J connectivity index is 3.16. The molecule has 0 bridgehead atoms. The smallest absolute Gasteiger partial charge is 0.335 e. The molecule has 1 N–H and O–H groups in total. The van der Waals surface area contributed by atoms with E-state index in [1.807, 2.05) is 0 Å². The molecule has 68 valence electrons. The van der Waals surface area contributed by atoms with Crippen LogP contribution in [-0.4, -0.2) is 11.1 Å². The molecule has 2 nitrogen and oxygen atoms in total. The lowest BCUT2D eigenvalue weighted by Gasteiger charge is -2.01. The largest absolute Gasteiger partial charge is 0.478 e. The second-order valence-corrected chi connectivity index (χ2v) is 2.41. The molecular formula is C9H6F2O2. The quantitative estimate of drug-likeness (QED) is 0.714. The molecule has 1 aromatic rings. The monoisotopic (exact) mass is 184 g/mol. The highest BCUT2D eigenvalue weighted by Gasteiger charge is 2.12. The number of hydrogen-bond acceptors (Lipinski definition) is 1. The number of benzene rings is 1. The zero-order chi connectivity index (χ0) is 10.0. The van der Waals surface area contributed by atoms with Gasteiger partial charge >= 0.3 is 5.97 Å². The minimum absolute atomic E-state index is 0.200. The van der Waals surface area contributed by atoms with Crippen molar-refractivity contribution in [1.29, 1.82) is 0 Å². The first-order valence-electron chi connectivity index (χ1n) is 3.40. The fourth-order valence-corrected chi connectivity index (χ4v) is 0.849. The van der Waals surface area contributed by atoms with Gasteiger partial charge in [-0.2, -0.15) is 0 Å². The minimum Gasteiger partial charge on any atom is -0.478 e. The maximum atomic E-state index is 12.9. The van der Waals surface area contributed by atoms with Crippen molar-refractivity contribution in [3.05, 3.63) is 42.0 Å². The van der Waals surface area contributed by atoms with Gasteiger partial charge in [-0.15, -0.1) is 0 Å². The minimum atomic E-state index is -1.33.